The quantitative estimate of drug-likeness (QED) is 0.306. The van der Waals surface area contributed by atoms with E-state index in [9.17, 15) is 9.59 Å². The number of nitrogen functional groups attached to an aromatic ring is 1. The SMILES string of the molecule is CC1(C)COC(=O)Nc2cccc(c2)CNC(=O)[C@H](Nc2ccc3c(N)nccc3c2)c2ccc1cc2. The lowest BCUT2D eigenvalue weighted by molar-refractivity contribution is -0.122. The van der Waals surface area contributed by atoms with Crippen LogP contribution in [0.25, 0.3) is 10.8 Å². The molecule has 4 bridgehead atoms. The lowest BCUT2D eigenvalue weighted by atomic mass is 9.84. The Morgan fingerprint density at radius 1 is 1.03 bits per heavy atom. The molecule has 2 amide bonds. The maximum Gasteiger partial charge on any atom is 0.411 e. The van der Waals surface area contributed by atoms with Gasteiger partial charge in [-0.3, -0.25) is 10.1 Å². The van der Waals surface area contributed by atoms with Crippen LogP contribution < -0.4 is 21.7 Å². The van der Waals surface area contributed by atoms with E-state index in [2.05, 4.69) is 20.9 Å². The number of fused-ring (bicyclic) bond motifs is 10. The minimum absolute atomic E-state index is 0.175. The van der Waals surface area contributed by atoms with Crippen molar-refractivity contribution in [2.24, 2.45) is 0 Å². The Morgan fingerprint density at radius 2 is 1.84 bits per heavy atom. The molecule has 3 aromatic carbocycles. The zero-order chi connectivity index (χ0) is 26.0. The Bertz CT molecular complexity index is 1470. The maximum atomic E-state index is 13.5. The Labute approximate surface area is 215 Å². The first-order valence-corrected chi connectivity index (χ1v) is 12.1. The molecular weight excluding hydrogens is 466 g/mol. The summed E-state index contributed by atoms with van der Waals surface area (Å²) in [7, 11) is 0. The summed E-state index contributed by atoms with van der Waals surface area (Å²) in [6.45, 7) is 4.52. The summed E-state index contributed by atoms with van der Waals surface area (Å²) in [5, 5.41) is 11.0. The predicted octanol–water partition coefficient (Wildman–Crippen LogP) is 5.13. The molecule has 3 heterocycles. The summed E-state index contributed by atoms with van der Waals surface area (Å²) in [5.41, 5.74) is 9.62. The number of amides is 2. The molecule has 4 aromatic rings. The Hall–Kier alpha value is -4.59. The molecule has 0 radical (unpaired) electrons. The van der Waals surface area contributed by atoms with Crippen LogP contribution in [0.1, 0.15) is 36.6 Å². The molecule has 2 aliphatic heterocycles. The highest BCUT2D eigenvalue weighted by Gasteiger charge is 2.26. The maximum absolute atomic E-state index is 13.5. The van der Waals surface area contributed by atoms with Gasteiger partial charge in [-0.15, -0.1) is 0 Å². The first-order valence-electron chi connectivity index (χ1n) is 12.1. The van der Waals surface area contributed by atoms with Gasteiger partial charge < -0.3 is 21.1 Å². The standard InChI is InChI=1S/C29H29N5O3/c1-29(2)17-37-28(36)34-22-5-3-4-18(14-22)16-32-27(35)25(19-6-8-21(29)9-7-19)33-23-10-11-24-20(15-23)12-13-31-26(24)30/h3-15,25,33H,16-17H2,1-2H3,(H2,30,31)(H,32,35)(H,34,36)/t25-/m1/s1. The van der Waals surface area contributed by atoms with Crippen molar-refractivity contribution < 1.29 is 14.3 Å². The van der Waals surface area contributed by atoms with Crippen LogP contribution in [0.4, 0.5) is 22.0 Å². The third-order valence-electron chi connectivity index (χ3n) is 6.60. The summed E-state index contributed by atoms with van der Waals surface area (Å²) in [5.74, 6) is 0.290. The van der Waals surface area contributed by atoms with Crippen LogP contribution in [0.5, 0.6) is 0 Å². The highest BCUT2D eigenvalue weighted by molar-refractivity contribution is 5.94. The van der Waals surface area contributed by atoms with Gasteiger partial charge in [-0.05, 0) is 58.5 Å². The van der Waals surface area contributed by atoms with Crippen LogP contribution >= 0.6 is 0 Å². The van der Waals surface area contributed by atoms with E-state index >= 15 is 0 Å². The minimum Gasteiger partial charge on any atom is -0.448 e. The Balaban J connectivity index is 1.50. The second kappa shape index (κ2) is 9.81. The Kier molecular flexibility index (Phi) is 6.40. The topological polar surface area (TPSA) is 118 Å². The molecular formula is C29H29N5O3. The number of hydrogen-bond acceptors (Lipinski definition) is 6. The molecule has 37 heavy (non-hydrogen) atoms. The molecule has 1 aromatic heterocycles. The molecule has 2 aliphatic rings. The first kappa shape index (κ1) is 24.1. The van der Waals surface area contributed by atoms with E-state index in [1.807, 2.05) is 80.6 Å². The molecule has 0 aliphatic carbocycles. The number of benzene rings is 3. The zero-order valence-electron chi connectivity index (χ0n) is 20.7. The van der Waals surface area contributed by atoms with Crippen molar-refractivity contribution in [3.8, 4) is 0 Å². The summed E-state index contributed by atoms with van der Waals surface area (Å²) in [6, 6.07) is 22.1. The van der Waals surface area contributed by atoms with Gasteiger partial charge in [0.2, 0.25) is 5.91 Å². The fraction of sp³-hybridized carbons (Fsp3) is 0.207. The van der Waals surface area contributed by atoms with Gasteiger partial charge in [0.25, 0.3) is 0 Å². The normalized spacial score (nSPS) is 17.5. The van der Waals surface area contributed by atoms with Gasteiger partial charge in [-0.1, -0.05) is 50.2 Å². The van der Waals surface area contributed by atoms with Crippen molar-refractivity contribution in [2.75, 3.05) is 23.0 Å². The molecule has 0 spiro atoms. The second-order valence-electron chi connectivity index (χ2n) is 9.83. The van der Waals surface area contributed by atoms with E-state index in [1.165, 1.54) is 0 Å². The molecule has 1 atom stereocenters. The molecule has 8 heteroatoms. The largest absolute Gasteiger partial charge is 0.448 e. The Morgan fingerprint density at radius 3 is 2.65 bits per heavy atom. The van der Waals surface area contributed by atoms with E-state index in [1.54, 1.807) is 12.3 Å². The number of nitrogens with zero attached hydrogens (tertiary/aromatic N) is 1. The van der Waals surface area contributed by atoms with E-state index < -0.39 is 17.6 Å². The lowest BCUT2D eigenvalue weighted by Gasteiger charge is -2.26. The highest BCUT2D eigenvalue weighted by Crippen LogP contribution is 2.29. The summed E-state index contributed by atoms with van der Waals surface area (Å²) in [6.07, 6.45) is 1.15. The smallest absolute Gasteiger partial charge is 0.411 e. The molecule has 0 saturated carbocycles. The average molecular weight is 496 g/mol. The third-order valence-corrected chi connectivity index (χ3v) is 6.60. The van der Waals surface area contributed by atoms with E-state index in [0.717, 1.165) is 33.2 Å². The molecule has 0 saturated heterocycles. The van der Waals surface area contributed by atoms with Crippen LogP contribution in [0.3, 0.4) is 0 Å². The molecule has 8 nitrogen and oxygen atoms in total. The van der Waals surface area contributed by atoms with Gasteiger partial charge in [0, 0.05) is 34.9 Å². The van der Waals surface area contributed by atoms with E-state index in [4.69, 9.17) is 10.5 Å². The van der Waals surface area contributed by atoms with Crippen molar-refractivity contribution in [1.29, 1.82) is 0 Å². The number of ether oxygens (including phenoxy) is 1. The van der Waals surface area contributed by atoms with Crippen LogP contribution in [0.15, 0.2) is 79.0 Å². The van der Waals surface area contributed by atoms with Gasteiger partial charge >= 0.3 is 6.09 Å². The number of aromatic nitrogens is 1. The van der Waals surface area contributed by atoms with E-state index in [-0.39, 0.29) is 12.5 Å². The van der Waals surface area contributed by atoms with Crippen molar-refractivity contribution >= 4 is 40.0 Å². The minimum atomic E-state index is -0.638. The van der Waals surface area contributed by atoms with Gasteiger partial charge in [0.1, 0.15) is 18.5 Å². The summed E-state index contributed by atoms with van der Waals surface area (Å²) < 4.78 is 5.52. The highest BCUT2D eigenvalue weighted by atomic mass is 16.5. The molecule has 0 unspecified atom stereocenters. The monoisotopic (exact) mass is 495 g/mol. The summed E-state index contributed by atoms with van der Waals surface area (Å²) in [4.78, 5) is 30.0. The van der Waals surface area contributed by atoms with Gasteiger partial charge in [-0.25, -0.2) is 9.78 Å². The number of carbonyl (C=O) groups excluding carboxylic acids is 2. The number of rotatable bonds is 2. The van der Waals surface area contributed by atoms with Crippen molar-refractivity contribution in [3.63, 3.8) is 0 Å². The number of carbonyl (C=O) groups is 2. The number of nitrogens with one attached hydrogen (secondary N) is 3. The lowest BCUT2D eigenvalue weighted by Crippen LogP contribution is -2.33. The second-order valence-corrected chi connectivity index (χ2v) is 9.83. The molecule has 188 valence electrons. The first-order chi connectivity index (χ1) is 17.8. The molecule has 6 rings (SSSR count). The predicted molar refractivity (Wildman–Crippen MR) is 145 cm³/mol. The van der Waals surface area contributed by atoms with Gasteiger partial charge in [-0.2, -0.15) is 0 Å². The third kappa shape index (κ3) is 5.33. The average Bonchev–Trinajstić information content (AvgIpc) is 2.89. The fourth-order valence-electron chi connectivity index (χ4n) is 4.42. The van der Waals surface area contributed by atoms with Crippen LogP contribution in [0, 0.1) is 0 Å². The van der Waals surface area contributed by atoms with Crippen LogP contribution in [-0.2, 0) is 21.5 Å². The summed E-state index contributed by atoms with van der Waals surface area (Å²) >= 11 is 0. The van der Waals surface area contributed by atoms with Gasteiger partial charge in [0.15, 0.2) is 0 Å². The number of pyridine rings is 1. The van der Waals surface area contributed by atoms with Crippen LogP contribution in [-0.4, -0.2) is 23.6 Å². The fourth-order valence-corrected chi connectivity index (χ4v) is 4.42. The molecule has 5 N–H and O–H groups in total. The van der Waals surface area contributed by atoms with E-state index in [0.29, 0.717) is 18.1 Å². The zero-order valence-corrected chi connectivity index (χ0v) is 20.7. The number of hydrogen-bond donors (Lipinski definition) is 4. The molecule has 0 fully saturated rings. The number of anilines is 3. The van der Waals surface area contributed by atoms with Crippen molar-refractivity contribution in [1.82, 2.24) is 10.3 Å². The van der Waals surface area contributed by atoms with Gasteiger partial charge in [0.05, 0.1) is 0 Å². The van der Waals surface area contributed by atoms with Crippen molar-refractivity contribution in [2.45, 2.75) is 31.8 Å². The van der Waals surface area contributed by atoms with Crippen molar-refractivity contribution in [3.05, 3.63) is 95.7 Å². The number of nitrogens with two attached hydrogens (primary N) is 1. The van der Waals surface area contributed by atoms with Crippen LogP contribution in [0.2, 0.25) is 0 Å².